The Hall–Kier alpha value is -2.61. The fourth-order valence-corrected chi connectivity index (χ4v) is 1.46. The van der Waals surface area contributed by atoms with Crippen LogP contribution in [0.5, 0.6) is 5.75 Å². The van der Waals surface area contributed by atoms with E-state index >= 15 is 0 Å². The highest BCUT2D eigenvalue weighted by molar-refractivity contribution is 5.73. The molecule has 0 radical (unpaired) electrons. The van der Waals surface area contributed by atoms with Crippen molar-refractivity contribution in [2.45, 2.75) is 6.92 Å². The number of hydrogen-bond donors (Lipinski definition) is 1. The summed E-state index contributed by atoms with van der Waals surface area (Å²) in [7, 11) is 0. The van der Waals surface area contributed by atoms with Crippen molar-refractivity contribution < 1.29 is 9.50 Å². The summed E-state index contributed by atoms with van der Waals surface area (Å²) in [6.45, 7) is 17.3. The second kappa shape index (κ2) is 7.25. The van der Waals surface area contributed by atoms with Crippen molar-refractivity contribution in [3.8, 4) is 5.75 Å². The Balaban J connectivity index is 2.77. The van der Waals surface area contributed by atoms with Crippen molar-refractivity contribution in [3.05, 3.63) is 96.9 Å². The van der Waals surface area contributed by atoms with E-state index in [0.717, 1.165) is 16.7 Å². The highest BCUT2D eigenvalue weighted by Gasteiger charge is 2.02. The molecule has 0 fully saturated rings. The molecule has 0 amide bonds. The Morgan fingerprint density at radius 3 is 2.10 bits per heavy atom. The number of aromatic hydroxyl groups is 1. The molecule has 0 aliphatic heterocycles. The smallest absolute Gasteiger partial charge is 0.165 e. The van der Waals surface area contributed by atoms with Gasteiger partial charge in [0.1, 0.15) is 0 Å². The molecule has 0 aromatic heterocycles. The van der Waals surface area contributed by atoms with Crippen LogP contribution in [0.3, 0.4) is 0 Å². The van der Waals surface area contributed by atoms with Crippen LogP contribution in [0, 0.1) is 5.82 Å². The summed E-state index contributed by atoms with van der Waals surface area (Å²) in [5.41, 5.74) is 3.63. The summed E-state index contributed by atoms with van der Waals surface area (Å²) < 4.78 is 13.3. The molecule has 0 saturated heterocycles. The largest absolute Gasteiger partial charge is 0.505 e. The SMILES string of the molecule is C=C(C)/C=C\C(=C)C(=C)/C=C\C(=C)c1ccc(O)c(F)c1. The van der Waals surface area contributed by atoms with Crippen LogP contribution in [0.4, 0.5) is 4.39 Å². The minimum Gasteiger partial charge on any atom is -0.505 e. The first-order chi connectivity index (χ1) is 9.81. The maximum absolute atomic E-state index is 13.3. The Kier molecular flexibility index (Phi) is 5.67. The summed E-state index contributed by atoms with van der Waals surface area (Å²) in [5.74, 6) is -1.05. The molecule has 0 aliphatic carbocycles. The molecule has 108 valence electrons. The molecule has 1 N–H and O–H groups in total. The highest BCUT2D eigenvalue weighted by atomic mass is 19.1. The number of allylic oxidation sites excluding steroid dienone is 8. The van der Waals surface area contributed by atoms with Crippen LogP contribution in [0.25, 0.3) is 5.57 Å². The first-order valence-electron chi connectivity index (χ1n) is 6.39. The topological polar surface area (TPSA) is 20.2 Å². The third-order valence-corrected chi connectivity index (χ3v) is 2.79. The minimum atomic E-state index is -0.672. The summed E-state index contributed by atoms with van der Waals surface area (Å²) in [4.78, 5) is 0. The van der Waals surface area contributed by atoms with Crippen LogP contribution in [0.15, 0.2) is 85.5 Å². The first kappa shape index (κ1) is 16.4. The van der Waals surface area contributed by atoms with Crippen molar-refractivity contribution >= 4 is 5.57 Å². The number of phenolic OH excluding ortho intramolecular Hbond substituents is 1. The van der Waals surface area contributed by atoms with Gasteiger partial charge in [0.25, 0.3) is 0 Å². The van der Waals surface area contributed by atoms with Gasteiger partial charge in [-0.15, -0.1) is 0 Å². The zero-order chi connectivity index (χ0) is 16.0. The minimum absolute atomic E-state index is 0.377. The van der Waals surface area contributed by atoms with Gasteiger partial charge in [-0.3, -0.25) is 0 Å². The van der Waals surface area contributed by atoms with Crippen LogP contribution in [-0.2, 0) is 0 Å². The van der Waals surface area contributed by atoms with Gasteiger partial charge < -0.3 is 5.11 Å². The average molecular weight is 282 g/mol. The second-order valence-corrected chi connectivity index (χ2v) is 4.75. The van der Waals surface area contributed by atoms with Gasteiger partial charge in [-0.25, -0.2) is 4.39 Å². The molecule has 21 heavy (non-hydrogen) atoms. The molecule has 1 nitrogen and oxygen atoms in total. The third kappa shape index (κ3) is 5.11. The molecule has 0 saturated carbocycles. The lowest BCUT2D eigenvalue weighted by Crippen LogP contribution is -1.84. The van der Waals surface area contributed by atoms with Gasteiger partial charge in [0, 0.05) is 0 Å². The normalized spacial score (nSPS) is 11.0. The molecule has 1 aromatic rings. The average Bonchev–Trinajstić information content (AvgIpc) is 2.44. The standard InChI is InChI=1S/C19H19FO/c1-13(2)6-7-14(3)15(4)8-9-16(5)17-10-11-19(21)18(20)12-17/h6-12,21H,1,3-5H2,2H3/b7-6-,9-8-. The molecule has 1 aromatic carbocycles. The van der Waals surface area contributed by atoms with Crippen LogP contribution in [-0.4, -0.2) is 5.11 Å². The molecule has 1 rings (SSSR count). The van der Waals surface area contributed by atoms with Gasteiger partial charge in [-0.05, 0) is 41.3 Å². The maximum Gasteiger partial charge on any atom is 0.165 e. The van der Waals surface area contributed by atoms with Gasteiger partial charge in [-0.1, -0.05) is 62.3 Å². The molecule has 0 aliphatic rings. The van der Waals surface area contributed by atoms with E-state index in [1.54, 1.807) is 18.2 Å². The van der Waals surface area contributed by atoms with Crippen LogP contribution in [0.2, 0.25) is 0 Å². The van der Waals surface area contributed by atoms with Crippen molar-refractivity contribution in [3.63, 3.8) is 0 Å². The van der Waals surface area contributed by atoms with Gasteiger partial charge in [0.05, 0.1) is 0 Å². The number of benzene rings is 1. The fourth-order valence-electron chi connectivity index (χ4n) is 1.46. The van der Waals surface area contributed by atoms with E-state index < -0.39 is 5.82 Å². The van der Waals surface area contributed by atoms with Crippen molar-refractivity contribution in [1.82, 2.24) is 0 Å². The van der Waals surface area contributed by atoms with Gasteiger partial charge >= 0.3 is 0 Å². The Morgan fingerprint density at radius 2 is 1.57 bits per heavy atom. The molecule has 2 heteroatoms. The summed E-state index contributed by atoms with van der Waals surface area (Å²) in [6, 6.07) is 4.14. The predicted octanol–water partition coefficient (Wildman–Crippen LogP) is 5.35. The van der Waals surface area contributed by atoms with E-state index in [-0.39, 0.29) is 5.75 Å². The van der Waals surface area contributed by atoms with Crippen molar-refractivity contribution in [2.24, 2.45) is 0 Å². The predicted molar refractivity (Wildman–Crippen MR) is 88.5 cm³/mol. The first-order valence-corrected chi connectivity index (χ1v) is 6.39. The Morgan fingerprint density at radius 1 is 1.00 bits per heavy atom. The van der Waals surface area contributed by atoms with Crippen molar-refractivity contribution in [2.75, 3.05) is 0 Å². The van der Waals surface area contributed by atoms with Gasteiger partial charge in [0.2, 0.25) is 0 Å². The van der Waals surface area contributed by atoms with E-state index in [9.17, 15) is 4.39 Å². The summed E-state index contributed by atoms with van der Waals surface area (Å²) in [6.07, 6.45) is 7.18. The van der Waals surface area contributed by atoms with E-state index in [4.69, 9.17) is 5.11 Å². The van der Waals surface area contributed by atoms with Crippen LogP contribution < -0.4 is 0 Å². The Bertz CT molecular complexity index is 660. The lowest BCUT2D eigenvalue weighted by molar-refractivity contribution is 0.432. The van der Waals surface area contributed by atoms with E-state index in [0.29, 0.717) is 11.1 Å². The summed E-state index contributed by atoms with van der Waals surface area (Å²) in [5, 5.41) is 9.16. The van der Waals surface area contributed by atoms with Crippen LogP contribution >= 0.6 is 0 Å². The molecule has 0 spiro atoms. The molecule has 0 unspecified atom stereocenters. The van der Waals surface area contributed by atoms with E-state index in [2.05, 4.69) is 26.3 Å². The number of halogens is 1. The lowest BCUT2D eigenvalue weighted by atomic mass is 10.0. The molecular formula is C19H19FO. The van der Waals surface area contributed by atoms with E-state index in [1.165, 1.54) is 12.1 Å². The van der Waals surface area contributed by atoms with E-state index in [1.807, 2.05) is 19.1 Å². The lowest BCUT2D eigenvalue weighted by Gasteiger charge is -2.03. The van der Waals surface area contributed by atoms with Crippen LogP contribution in [0.1, 0.15) is 12.5 Å². The molecule has 0 heterocycles. The number of phenols is 1. The van der Waals surface area contributed by atoms with Crippen molar-refractivity contribution in [1.29, 1.82) is 0 Å². The third-order valence-electron chi connectivity index (χ3n) is 2.79. The van der Waals surface area contributed by atoms with Gasteiger partial charge in [-0.2, -0.15) is 0 Å². The second-order valence-electron chi connectivity index (χ2n) is 4.75. The zero-order valence-corrected chi connectivity index (χ0v) is 12.2. The molecule has 0 atom stereocenters. The monoisotopic (exact) mass is 282 g/mol. The quantitative estimate of drug-likeness (QED) is 0.698. The zero-order valence-electron chi connectivity index (χ0n) is 12.2. The molecular weight excluding hydrogens is 263 g/mol. The summed E-state index contributed by atoms with van der Waals surface area (Å²) >= 11 is 0. The molecule has 0 bridgehead atoms. The highest BCUT2D eigenvalue weighted by Crippen LogP contribution is 2.22. The maximum atomic E-state index is 13.3. The number of rotatable bonds is 6. The Labute approximate surface area is 125 Å². The fraction of sp³-hybridized carbons (Fsp3) is 0.0526. The number of hydrogen-bond acceptors (Lipinski definition) is 1. The van der Waals surface area contributed by atoms with Gasteiger partial charge in [0.15, 0.2) is 11.6 Å².